The van der Waals surface area contributed by atoms with Crippen LogP contribution in [-0.2, 0) is 17.2 Å². The maximum absolute atomic E-state index is 12.6. The van der Waals surface area contributed by atoms with Crippen molar-refractivity contribution >= 4 is 45.4 Å². The number of aromatic nitrogens is 2. The molecule has 1 aromatic carbocycles. The first-order valence-corrected chi connectivity index (χ1v) is 7.83. The number of rotatable bonds is 4. The van der Waals surface area contributed by atoms with Crippen LogP contribution in [0.5, 0.6) is 0 Å². The first kappa shape index (κ1) is 19.0. The van der Waals surface area contributed by atoms with Crippen molar-refractivity contribution in [1.82, 2.24) is 9.36 Å². The number of anilines is 1. The Labute approximate surface area is 151 Å². The van der Waals surface area contributed by atoms with Gasteiger partial charge in [-0.2, -0.15) is 8.42 Å². The summed E-state index contributed by atoms with van der Waals surface area (Å²) in [5, 5.41) is 0. The van der Waals surface area contributed by atoms with Crippen molar-refractivity contribution in [2.24, 2.45) is 7.05 Å². The molecule has 1 aromatic heterocycles. The molecule has 0 spiro atoms. The van der Waals surface area contributed by atoms with Crippen LogP contribution in [0.1, 0.15) is 5.69 Å². The Bertz CT molecular complexity index is 812. The molecule has 116 valence electrons. The summed E-state index contributed by atoms with van der Waals surface area (Å²) in [5.74, 6) is -0.637. The van der Waals surface area contributed by atoms with Crippen LogP contribution in [0.15, 0.2) is 35.1 Å². The third-order valence-corrected chi connectivity index (χ3v) is 3.98. The number of para-hydroxylation sites is 1. The molecule has 0 atom stereocenters. The van der Waals surface area contributed by atoms with E-state index in [9.17, 15) is 13.2 Å². The Morgan fingerprint density at radius 3 is 2.27 bits per heavy atom. The molecule has 1 heterocycles. The van der Waals surface area contributed by atoms with Crippen LogP contribution in [0.3, 0.4) is 0 Å². The fraction of sp³-hybridized carbons (Fsp3) is 0.308. The second-order valence-corrected chi connectivity index (χ2v) is 6.24. The molecule has 0 fully saturated rings. The van der Waals surface area contributed by atoms with Crippen LogP contribution in [0, 0.1) is 6.92 Å². The van der Waals surface area contributed by atoms with E-state index in [2.05, 4.69) is 0 Å². The fourth-order valence-electron chi connectivity index (χ4n) is 2.30. The van der Waals surface area contributed by atoms with E-state index in [1.807, 2.05) is 18.2 Å². The maximum atomic E-state index is 12.6. The van der Waals surface area contributed by atoms with Gasteiger partial charge in [0.15, 0.2) is 0 Å². The molecule has 0 unspecified atom stereocenters. The van der Waals surface area contributed by atoms with Gasteiger partial charge in [0.25, 0.3) is 15.7 Å². The summed E-state index contributed by atoms with van der Waals surface area (Å²) < 4.78 is 34.0. The molecule has 0 amide bonds. The van der Waals surface area contributed by atoms with Crippen LogP contribution in [0.2, 0.25) is 0 Å². The summed E-state index contributed by atoms with van der Waals surface area (Å²) in [6.45, 7) is 1.72. The zero-order valence-corrected chi connectivity index (χ0v) is 12.8. The molecule has 0 saturated heterocycles. The standard InChI is InChI=1S/C13H17N3O4S.Na.H/c1-10-12(14(2)9-21(18,19)20)13(17)16(15(10)3)11-7-5-4-6-8-11;;/h4-8H,9H2,1-3H3,(H,18,19,20);;. The predicted octanol–water partition coefficient (Wildman–Crippen LogP) is 0.117. The topological polar surface area (TPSA) is 84.5 Å². The van der Waals surface area contributed by atoms with Crippen molar-refractivity contribution in [3.63, 3.8) is 0 Å². The molecule has 0 saturated carbocycles. The van der Waals surface area contributed by atoms with E-state index in [1.165, 1.54) is 16.6 Å². The summed E-state index contributed by atoms with van der Waals surface area (Å²) >= 11 is 0. The molecule has 0 aliphatic heterocycles. The average molecular weight is 335 g/mol. The first-order chi connectivity index (χ1) is 9.72. The van der Waals surface area contributed by atoms with Crippen molar-refractivity contribution in [2.45, 2.75) is 6.92 Å². The Balaban J connectivity index is 0.00000242. The molecule has 2 aromatic rings. The minimum atomic E-state index is -4.20. The zero-order valence-electron chi connectivity index (χ0n) is 12.0. The van der Waals surface area contributed by atoms with E-state index >= 15 is 0 Å². The van der Waals surface area contributed by atoms with Gasteiger partial charge in [0, 0.05) is 14.1 Å². The zero-order chi connectivity index (χ0) is 15.8. The first-order valence-electron chi connectivity index (χ1n) is 6.22. The van der Waals surface area contributed by atoms with E-state index in [0.29, 0.717) is 11.4 Å². The Morgan fingerprint density at radius 1 is 1.23 bits per heavy atom. The Hall–Kier alpha value is -1.06. The summed E-state index contributed by atoms with van der Waals surface area (Å²) in [5.41, 5.74) is 1.18. The van der Waals surface area contributed by atoms with Crippen LogP contribution < -0.4 is 10.5 Å². The van der Waals surface area contributed by atoms with Gasteiger partial charge in [-0.1, -0.05) is 18.2 Å². The Morgan fingerprint density at radius 2 is 1.77 bits per heavy atom. The van der Waals surface area contributed by atoms with Crippen molar-refractivity contribution < 1.29 is 13.0 Å². The van der Waals surface area contributed by atoms with Gasteiger partial charge < -0.3 is 4.90 Å². The molecular formula is C13H18N3NaO4S. The number of nitrogens with zero attached hydrogens (tertiary/aromatic N) is 3. The molecule has 0 aliphatic carbocycles. The third kappa shape index (κ3) is 3.82. The quantitative estimate of drug-likeness (QED) is 0.634. The van der Waals surface area contributed by atoms with Crippen LogP contribution in [0.25, 0.3) is 5.69 Å². The molecule has 7 nitrogen and oxygen atoms in total. The molecule has 0 radical (unpaired) electrons. The monoisotopic (exact) mass is 335 g/mol. The molecular weight excluding hydrogens is 317 g/mol. The van der Waals surface area contributed by atoms with Gasteiger partial charge in [-0.05, 0) is 19.1 Å². The molecule has 9 heteroatoms. The van der Waals surface area contributed by atoms with Crippen molar-refractivity contribution in [2.75, 3.05) is 17.8 Å². The molecule has 0 aliphatic rings. The molecule has 22 heavy (non-hydrogen) atoms. The van der Waals surface area contributed by atoms with E-state index in [4.69, 9.17) is 4.55 Å². The normalized spacial score (nSPS) is 11.1. The Kier molecular flexibility index (Phi) is 6.05. The number of benzene rings is 1. The minimum absolute atomic E-state index is 0. The van der Waals surface area contributed by atoms with Gasteiger partial charge in [0.2, 0.25) is 0 Å². The summed E-state index contributed by atoms with van der Waals surface area (Å²) in [6.07, 6.45) is 0. The van der Waals surface area contributed by atoms with Crippen LogP contribution >= 0.6 is 0 Å². The van der Waals surface area contributed by atoms with Gasteiger partial charge in [0.1, 0.15) is 11.6 Å². The summed E-state index contributed by atoms with van der Waals surface area (Å²) in [7, 11) is -1.04. The predicted molar refractivity (Wildman–Crippen MR) is 87.7 cm³/mol. The van der Waals surface area contributed by atoms with Gasteiger partial charge in [-0.15, -0.1) is 0 Å². The number of hydrogen-bond donors (Lipinski definition) is 1. The van der Waals surface area contributed by atoms with E-state index in [1.54, 1.807) is 30.8 Å². The van der Waals surface area contributed by atoms with E-state index < -0.39 is 16.0 Å². The fourth-order valence-corrected chi connectivity index (χ4v) is 2.92. The van der Waals surface area contributed by atoms with Crippen molar-refractivity contribution in [1.29, 1.82) is 0 Å². The van der Waals surface area contributed by atoms with Gasteiger partial charge in [-0.3, -0.25) is 14.0 Å². The van der Waals surface area contributed by atoms with Crippen LogP contribution in [0.4, 0.5) is 5.69 Å². The second kappa shape index (κ2) is 7.01. The van der Waals surface area contributed by atoms with Gasteiger partial charge in [-0.25, -0.2) is 4.68 Å². The third-order valence-electron chi connectivity index (χ3n) is 3.26. The molecule has 2 rings (SSSR count). The second-order valence-electron chi connectivity index (χ2n) is 4.82. The van der Waals surface area contributed by atoms with Crippen molar-refractivity contribution in [3.8, 4) is 5.69 Å². The SMILES string of the molecule is Cc1c(N(C)CS(=O)(=O)O)c(=O)n(-c2ccccc2)n1C.[NaH]. The average Bonchev–Trinajstić information content (AvgIpc) is 2.59. The number of hydrogen-bond acceptors (Lipinski definition) is 4. The van der Waals surface area contributed by atoms with E-state index in [0.717, 1.165) is 0 Å². The molecule has 1 N–H and O–H groups in total. The molecule has 0 bridgehead atoms. The summed E-state index contributed by atoms with van der Waals surface area (Å²) in [4.78, 5) is 13.8. The van der Waals surface area contributed by atoms with Gasteiger partial charge >= 0.3 is 29.6 Å². The van der Waals surface area contributed by atoms with Gasteiger partial charge in [0.05, 0.1) is 11.4 Å². The summed E-state index contributed by atoms with van der Waals surface area (Å²) in [6, 6.07) is 9.04. The van der Waals surface area contributed by atoms with E-state index in [-0.39, 0.29) is 40.8 Å². The van der Waals surface area contributed by atoms with Crippen molar-refractivity contribution in [3.05, 3.63) is 46.4 Å². The van der Waals surface area contributed by atoms with Crippen LogP contribution in [-0.4, -0.2) is 64.8 Å².